The van der Waals surface area contributed by atoms with Gasteiger partial charge in [-0.1, -0.05) is 70.9 Å². The second-order valence-electron chi connectivity index (χ2n) is 11.7. The standard InChI is InChI=1S/C31H50O/c1-3-5-6-7-8-24-9-11-25(12-10-24)27-13-15-30-23-28(14-16-29(30)22-27)26-17-19-31(20-18-26)32-21-4-2/h17-20,24-25,27-30H,3-16,21-23H2,1-2H3. The van der Waals surface area contributed by atoms with E-state index in [2.05, 4.69) is 38.1 Å². The minimum Gasteiger partial charge on any atom is -0.494 e. The van der Waals surface area contributed by atoms with E-state index in [1.54, 1.807) is 37.7 Å². The first-order chi connectivity index (χ1) is 15.8. The van der Waals surface area contributed by atoms with E-state index in [0.29, 0.717) is 0 Å². The minimum absolute atomic E-state index is 0.788. The molecule has 0 spiro atoms. The molecule has 0 heterocycles. The summed E-state index contributed by atoms with van der Waals surface area (Å²) >= 11 is 0. The van der Waals surface area contributed by atoms with Gasteiger partial charge in [-0.3, -0.25) is 0 Å². The number of ether oxygens (including phenoxy) is 1. The SMILES string of the molecule is CCCCCCC1CCC(C2CCC3CC(c4ccc(OCCC)cc4)CCC3C2)CC1. The van der Waals surface area contributed by atoms with Gasteiger partial charge in [-0.2, -0.15) is 0 Å². The molecule has 3 fully saturated rings. The maximum atomic E-state index is 5.79. The van der Waals surface area contributed by atoms with Crippen LogP contribution >= 0.6 is 0 Å². The second kappa shape index (κ2) is 12.5. The van der Waals surface area contributed by atoms with Crippen molar-refractivity contribution in [1.82, 2.24) is 0 Å². The topological polar surface area (TPSA) is 9.23 Å². The molecule has 0 aromatic heterocycles. The lowest BCUT2D eigenvalue weighted by Crippen LogP contribution is -2.34. The second-order valence-corrected chi connectivity index (χ2v) is 11.7. The highest BCUT2D eigenvalue weighted by atomic mass is 16.5. The Hall–Kier alpha value is -0.980. The summed E-state index contributed by atoms with van der Waals surface area (Å²) in [5.41, 5.74) is 1.56. The van der Waals surface area contributed by atoms with E-state index < -0.39 is 0 Å². The Labute approximate surface area is 199 Å². The van der Waals surface area contributed by atoms with Crippen LogP contribution < -0.4 is 4.74 Å². The summed E-state index contributed by atoms with van der Waals surface area (Å²) in [6, 6.07) is 9.10. The number of hydrogen-bond acceptors (Lipinski definition) is 1. The van der Waals surface area contributed by atoms with Crippen molar-refractivity contribution in [2.75, 3.05) is 6.61 Å². The fraction of sp³-hybridized carbons (Fsp3) is 0.806. The van der Waals surface area contributed by atoms with Crippen LogP contribution in [-0.4, -0.2) is 6.61 Å². The third-order valence-corrected chi connectivity index (χ3v) is 9.50. The van der Waals surface area contributed by atoms with E-state index in [9.17, 15) is 0 Å². The van der Waals surface area contributed by atoms with Crippen LogP contribution in [0.1, 0.15) is 128 Å². The largest absolute Gasteiger partial charge is 0.494 e. The third kappa shape index (κ3) is 6.54. The molecule has 4 unspecified atom stereocenters. The summed E-state index contributed by atoms with van der Waals surface area (Å²) in [6.45, 7) is 5.32. The number of rotatable bonds is 10. The summed E-state index contributed by atoms with van der Waals surface area (Å²) < 4.78 is 5.79. The molecule has 0 bridgehead atoms. The molecule has 3 saturated carbocycles. The molecule has 180 valence electrons. The molecule has 3 aliphatic carbocycles. The number of fused-ring (bicyclic) bond motifs is 1. The van der Waals surface area contributed by atoms with E-state index in [4.69, 9.17) is 4.74 Å². The van der Waals surface area contributed by atoms with Crippen LogP contribution in [0.2, 0.25) is 0 Å². The first kappa shape index (κ1) is 24.2. The van der Waals surface area contributed by atoms with Gasteiger partial charge >= 0.3 is 0 Å². The molecule has 4 atom stereocenters. The Morgan fingerprint density at radius 2 is 1.31 bits per heavy atom. The zero-order valence-corrected chi connectivity index (χ0v) is 21.2. The fourth-order valence-corrected chi connectivity index (χ4v) is 7.52. The van der Waals surface area contributed by atoms with Crippen molar-refractivity contribution >= 4 is 0 Å². The van der Waals surface area contributed by atoms with Crippen LogP contribution in [0.25, 0.3) is 0 Å². The molecule has 0 saturated heterocycles. The average Bonchev–Trinajstić information content (AvgIpc) is 2.85. The molecular weight excluding hydrogens is 388 g/mol. The molecule has 4 rings (SSSR count). The third-order valence-electron chi connectivity index (χ3n) is 9.50. The smallest absolute Gasteiger partial charge is 0.119 e. The van der Waals surface area contributed by atoms with Crippen molar-refractivity contribution in [3.8, 4) is 5.75 Å². The average molecular weight is 439 g/mol. The summed E-state index contributed by atoms with van der Waals surface area (Å²) in [5.74, 6) is 7.05. The predicted molar refractivity (Wildman–Crippen MR) is 137 cm³/mol. The van der Waals surface area contributed by atoms with Gasteiger partial charge in [-0.05, 0) is 111 Å². The highest BCUT2D eigenvalue weighted by Crippen LogP contribution is 2.51. The Kier molecular flexibility index (Phi) is 9.42. The van der Waals surface area contributed by atoms with Gasteiger partial charge in [0.25, 0.3) is 0 Å². The maximum absolute atomic E-state index is 5.79. The van der Waals surface area contributed by atoms with Gasteiger partial charge in [-0.25, -0.2) is 0 Å². The lowest BCUT2D eigenvalue weighted by Gasteiger charge is -2.45. The van der Waals surface area contributed by atoms with E-state index in [1.165, 1.54) is 64.2 Å². The Morgan fingerprint density at radius 1 is 0.656 bits per heavy atom. The van der Waals surface area contributed by atoms with Gasteiger partial charge in [-0.15, -0.1) is 0 Å². The van der Waals surface area contributed by atoms with Gasteiger partial charge in [0.05, 0.1) is 6.61 Å². The van der Waals surface area contributed by atoms with E-state index in [-0.39, 0.29) is 0 Å². The normalized spacial score (nSPS) is 32.9. The van der Waals surface area contributed by atoms with Crippen molar-refractivity contribution in [2.45, 2.75) is 122 Å². The molecule has 0 aliphatic heterocycles. The molecule has 3 aliphatic rings. The van der Waals surface area contributed by atoms with Crippen molar-refractivity contribution in [2.24, 2.45) is 29.6 Å². The van der Waals surface area contributed by atoms with Crippen molar-refractivity contribution in [3.05, 3.63) is 29.8 Å². The quantitative estimate of drug-likeness (QED) is 0.330. The van der Waals surface area contributed by atoms with Crippen molar-refractivity contribution < 1.29 is 4.74 Å². The summed E-state index contributed by atoms with van der Waals surface area (Å²) in [7, 11) is 0. The summed E-state index contributed by atoms with van der Waals surface area (Å²) in [5, 5.41) is 0. The van der Waals surface area contributed by atoms with Gasteiger partial charge in [0, 0.05) is 0 Å². The molecule has 0 amide bonds. The molecular formula is C31H50O. The Balaban J connectivity index is 1.20. The van der Waals surface area contributed by atoms with Crippen LogP contribution in [0.4, 0.5) is 0 Å². The molecule has 0 radical (unpaired) electrons. The lowest BCUT2D eigenvalue weighted by atomic mass is 9.60. The van der Waals surface area contributed by atoms with Crippen LogP contribution in [0, 0.1) is 29.6 Å². The van der Waals surface area contributed by atoms with Gasteiger partial charge < -0.3 is 4.74 Å². The number of hydrogen-bond donors (Lipinski definition) is 0. The number of benzene rings is 1. The first-order valence-corrected chi connectivity index (χ1v) is 14.5. The molecule has 1 nitrogen and oxygen atoms in total. The predicted octanol–water partition coefficient (Wildman–Crippen LogP) is 9.55. The van der Waals surface area contributed by atoms with Gasteiger partial charge in [0.2, 0.25) is 0 Å². The van der Waals surface area contributed by atoms with Crippen LogP contribution in [0.5, 0.6) is 5.75 Å². The Morgan fingerprint density at radius 3 is 2.03 bits per heavy atom. The summed E-state index contributed by atoms with van der Waals surface area (Å²) in [6.07, 6.45) is 23.5. The zero-order valence-electron chi connectivity index (χ0n) is 21.2. The van der Waals surface area contributed by atoms with E-state index >= 15 is 0 Å². The van der Waals surface area contributed by atoms with Crippen LogP contribution in [-0.2, 0) is 0 Å². The monoisotopic (exact) mass is 438 g/mol. The minimum atomic E-state index is 0.788. The molecule has 32 heavy (non-hydrogen) atoms. The highest BCUT2D eigenvalue weighted by Gasteiger charge is 2.39. The fourth-order valence-electron chi connectivity index (χ4n) is 7.52. The lowest BCUT2D eigenvalue weighted by molar-refractivity contribution is 0.0710. The van der Waals surface area contributed by atoms with Gasteiger partial charge in [0.1, 0.15) is 5.75 Å². The maximum Gasteiger partial charge on any atom is 0.119 e. The van der Waals surface area contributed by atoms with E-state index in [0.717, 1.165) is 54.3 Å². The van der Waals surface area contributed by atoms with Crippen LogP contribution in [0.15, 0.2) is 24.3 Å². The van der Waals surface area contributed by atoms with Gasteiger partial charge in [0.15, 0.2) is 0 Å². The highest BCUT2D eigenvalue weighted by molar-refractivity contribution is 5.30. The Bertz CT molecular complexity index is 641. The zero-order chi connectivity index (χ0) is 22.2. The molecule has 1 aromatic rings. The molecule has 0 N–H and O–H groups in total. The summed E-state index contributed by atoms with van der Waals surface area (Å²) in [4.78, 5) is 0. The molecule has 1 aromatic carbocycles. The number of unbranched alkanes of at least 4 members (excludes halogenated alkanes) is 3. The molecule has 1 heteroatoms. The first-order valence-electron chi connectivity index (χ1n) is 14.5. The van der Waals surface area contributed by atoms with Crippen molar-refractivity contribution in [1.29, 1.82) is 0 Å². The van der Waals surface area contributed by atoms with E-state index in [1.807, 2.05) is 0 Å². The van der Waals surface area contributed by atoms with Crippen LogP contribution in [0.3, 0.4) is 0 Å². The van der Waals surface area contributed by atoms with Crippen molar-refractivity contribution in [3.63, 3.8) is 0 Å².